The van der Waals surface area contributed by atoms with Crippen molar-refractivity contribution >= 4 is 22.9 Å². The lowest BCUT2D eigenvalue weighted by Crippen LogP contribution is -2.42. The minimum Gasteiger partial charge on any atom is -0.371 e. The normalized spacial score (nSPS) is 14.1. The minimum absolute atomic E-state index is 0.0108. The molecule has 1 amide bonds. The van der Waals surface area contributed by atoms with E-state index < -0.39 is 0 Å². The maximum atomic E-state index is 12.3. The molecule has 2 aromatic carbocycles. The molecular formula is C29H31N5OS. The summed E-state index contributed by atoms with van der Waals surface area (Å²) in [7, 11) is 0. The lowest BCUT2D eigenvalue weighted by Gasteiger charge is -2.34. The zero-order valence-electron chi connectivity index (χ0n) is 20.3. The number of pyridine rings is 1. The quantitative estimate of drug-likeness (QED) is 0.347. The predicted octanol–water partition coefficient (Wildman–Crippen LogP) is 4.82. The number of hydrogen-bond acceptors (Lipinski definition) is 6. The summed E-state index contributed by atoms with van der Waals surface area (Å²) in [5.74, 6) is 0.0108. The van der Waals surface area contributed by atoms with Crippen molar-refractivity contribution < 1.29 is 4.79 Å². The number of carbonyl (C=O) groups is 1. The van der Waals surface area contributed by atoms with Crippen molar-refractivity contribution in [2.45, 2.75) is 38.4 Å². The van der Waals surface area contributed by atoms with Crippen LogP contribution in [0.1, 0.15) is 29.0 Å². The van der Waals surface area contributed by atoms with Gasteiger partial charge in [0.2, 0.25) is 5.91 Å². The molecule has 7 heteroatoms. The molecule has 0 bridgehead atoms. The van der Waals surface area contributed by atoms with Gasteiger partial charge in [0.25, 0.3) is 0 Å². The van der Waals surface area contributed by atoms with Crippen molar-refractivity contribution in [3.05, 3.63) is 101 Å². The number of thiazole rings is 1. The highest BCUT2D eigenvalue weighted by atomic mass is 32.1. The Labute approximate surface area is 216 Å². The molecule has 0 radical (unpaired) electrons. The topological polar surface area (TPSA) is 70.2 Å². The van der Waals surface area contributed by atoms with Crippen molar-refractivity contribution in [2.24, 2.45) is 0 Å². The number of carbonyl (C=O) groups excluding carboxylic acids is 1. The first-order valence-corrected chi connectivity index (χ1v) is 13.3. The predicted molar refractivity (Wildman–Crippen MR) is 146 cm³/mol. The van der Waals surface area contributed by atoms with Crippen LogP contribution in [0.4, 0.5) is 5.69 Å². The Morgan fingerprint density at radius 3 is 2.44 bits per heavy atom. The zero-order chi connectivity index (χ0) is 24.6. The Hall–Kier alpha value is -3.55. The van der Waals surface area contributed by atoms with E-state index in [2.05, 4.69) is 74.0 Å². The van der Waals surface area contributed by atoms with Gasteiger partial charge in [-0.1, -0.05) is 48.5 Å². The van der Waals surface area contributed by atoms with Gasteiger partial charge in [-0.05, 0) is 42.7 Å². The van der Waals surface area contributed by atoms with Crippen LogP contribution in [0.3, 0.4) is 0 Å². The number of nitrogens with one attached hydrogen (secondary N) is 2. The Kier molecular flexibility index (Phi) is 8.00. The summed E-state index contributed by atoms with van der Waals surface area (Å²) in [4.78, 5) is 24.9. The highest BCUT2D eigenvalue weighted by molar-refractivity contribution is 7.10. The Balaban J connectivity index is 1.06. The molecule has 0 aliphatic carbocycles. The molecular weight excluding hydrogens is 466 g/mol. The zero-order valence-corrected chi connectivity index (χ0v) is 21.1. The summed E-state index contributed by atoms with van der Waals surface area (Å²) in [6, 6.07) is 25.0. The van der Waals surface area contributed by atoms with Crippen LogP contribution in [-0.2, 0) is 24.3 Å². The van der Waals surface area contributed by atoms with Crippen LogP contribution < -0.4 is 15.5 Å². The van der Waals surface area contributed by atoms with Gasteiger partial charge in [0.1, 0.15) is 0 Å². The van der Waals surface area contributed by atoms with Gasteiger partial charge in [0.05, 0.1) is 29.9 Å². The van der Waals surface area contributed by atoms with Crippen molar-refractivity contribution in [3.8, 4) is 11.3 Å². The monoisotopic (exact) mass is 497 g/mol. The Bertz CT molecular complexity index is 1240. The van der Waals surface area contributed by atoms with Crippen molar-refractivity contribution in [1.29, 1.82) is 0 Å². The molecule has 5 rings (SSSR count). The van der Waals surface area contributed by atoms with Crippen molar-refractivity contribution in [1.82, 2.24) is 20.6 Å². The van der Waals surface area contributed by atoms with Crippen LogP contribution in [0.15, 0.2) is 84.5 Å². The third-order valence-electron chi connectivity index (χ3n) is 6.59. The van der Waals surface area contributed by atoms with E-state index in [1.165, 1.54) is 16.1 Å². The number of hydrogen-bond donors (Lipinski definition) is 2. The first kappa shape index (κ1) is 24.2. The van der Waals surface area contributed by atoms with E-state index >= 15 is 0 Å². The minimum atomic E-state index is 0.0108. The summed E-state index contributed by atoms with van der Waals surface area (Å²) in [6.45, 7) is 3.36. The van der Waals surface area contributed by atoms with Gasteiger partial charge in [0, 0.05) is 48.0 Å². The van der Waals surface area contributed by atoms with Gasteiger partial charge in [-0.3, -0.25) is 9.78 Å². The summed E-state index contributed by atoms with van der Waals surface area (Å²) < 4.78 is 0. The number of aromatic nitrogens is 2. The SMILES string of the molecule is O=C(Cc1ccc(N2CCC(NCc3scnc3-c3ccccc3)CC2)cc1)NCc1ccccn1. The van der Waals surface area contributed by atoms with E-state index in [9.17, 15) is 4.79 Å². The molecule has 3 heterocycles. The molecule has 1 aliphatic heterocycles. The fourth-order valence-electron chi connectivity index (χ4n) is 4.57. The third-order valence-corrected chi connectivity index (χ3v) is 7.43. The second-order valence-corrected chi connectivity index (χ2v) is 10.0. The summed E-state index contributed by atoms with van der Waals surface area (Å²) in [5, 5.41) is 6.70. The van der Waals surface area contributed by atoms with Gasteiger partial charge in [0.15, 0.2) is 0 Å². The van der Waals surface area contributed by atoms with E-state index in [1.54, 1.807) is 17.5 Å². The maximum Gasteiger partial charge on any atom is 0.224 e. The standard InChI is InChI=1S/C29H31N5OS/c35-28(32-19-25-8-4-5-15-30-25)18-22-9-11-26(12-10-22)34-16-13-24(14-17-34)31-20-27-29(33-21-36-27)23-6-2-1-3-7-23/h1-12,15,21,24,31H,13-14,16-20H2,(H,32,35). The molecule has 6 nitrogen and oxygen atoms in total. The fourth-order valence-corrected chi connectivity index (χ4v) is 5.30. The van der Waals surface area contributed by atoms with E-state index in [0.29, 0.717) is 19.0 Å². The summed E-state index contributed by atoms with van der Waals surface area (Å²) >= 11 is 1.72. The lowest BCUT2D eigenvalue weighted by atomic mass is 10.0. The first-order chi connectivity index (χ1) is 17.7. The second kappa shape index (κ2) is 11.9. The van der Waals surface area contributed by atoms with Gasteiger partial charge in [-0.2, -0.15) is 0 Å². The number of nitrogens with zero attached hydrogens (tertiary/aromatic N) is 3. The summed E-state index contributed by atoms with van der Waals surface area (Å²) in [6.07, 6.45) is 4.33. The molecule has 2 N–H and O–H groups in total. The van der Waals surface area contributed by atoms with Crippen molar-refractivity contribution in [3.63, 3.8) is 0 Å². The van der Waals surface area contributed by atoms with Gasteiger partial charge >= 0.3 is 0 Å². The highest BCUT2D eigenvalue weighted by Crippen LogP contribution is 2.26. The fraction of sp³-hybridized carbons (Fsp3) is 0.276. The Morgan fingerprint density at radius 2 is 1.69 bits per heavy atom. The van der Waals surface area contributed by atoms with Crippen LogP contribution in [0.2, 0.25) is 0 Å². The highest BCUT2D eigenvalue weighted by Gasteiger charge is 2.20. The smallest absolute Gasteiger partial charge is 0.224 e. The maximum absolute atomic E-state index is 12.3. The summed E-state index contributed by atoms with van der Waals surface area (Å²) in [5.41, 5.74) is 7.32. The number of piperidine rings is 1. The molecule has 4 aromatic rings. The first-order valence-electron chi connectivity index (χ1n) is 12.5. The van der Waals surface area contributed by atoms with Crippen LogP contribution in [0.25, 0.3) is 11.3 Å². The molecule has 0 atom stereocenters. The number of benzene rings is 2. The third kappa shape index (κ3) is 6.36. The molecule has 1 aliphatic rings. The van der Waals surface area contributed by atoms with E-state index in [-0.39, 0.29) is 5.91 Å². The van der Waals surface area contributed by atoms with Crippen LogP contribution >= 0.6 is 11.3 Å². The molecule has 0 saturated carbocycles. The Morgan fingerprint density at radius 1 is 0.917 bits per heavy atom. The number of anilines is 1. The molecule has 0 spiro atoms. The molecule has 1 fully saturated rings. The number of amides is 1. The largest absolute Gasteiger partial charge is 0.371 e. The molecule has 184 valence electrons. The van der Waals surface area contributed by atoms with Gasteiger partial charge in [-0.25, -0.2) is 4.98 Å². The van der Waals surface area contributed by atoms with Crippen LogP contribution in [-0.4, -0.2) is 35.0 Å². The second-order valence-electron chi connectivity index (χ2n) is 9.07. The van der Waals surface area contributed by atoms with E-state index in [1.807, 2.05) is 29.8 Å². The van der Waals surface area contributed by atoms with Crippen molar-refractivity contribution in [2.75, 3.05) is 18.0 Å². The lowest BCUT2D eigenvalue weighted by molar-refractivity contribution is -0.120. The molecule has 2 aromatic heterocycles. The molecule has 0 unspecified atom stereocenters. The van der Waals surface area contributed by atoms with Crippen LogP contribution in [0, 0.1) is 0 Å². The van der Waals surface area contributed by atoms with Gasteiger partial charge < -0.3 is 15.5 Å². The van der Waals surface area contributed by atoms with E-state index in [0.717, 1.165) is 49.4 Å². The van der Waals surface area contributed by atoms with Gasteiger partial charge in [-0.15, -0.1) is 11.3 Å². The molecule has 36 heavy (non-hydrogen) atoms. The number of rotatable bonds is 9. The molecule has 1 saturated heterocycles. The average molecular weight is 498 g/mol. The average Bonchev–Trinajstić information content (AvgIpc) is 3.41. The van der Waals surface area contributed by atoms with E-state index in [4.69, 9.17) is 0 Å². The van der Waals surface area contributed by atoms with Crippen LogP contribution in [0.5, 0.6) is 0 Å².